The fraction of sp³-hybridized carbons (Fsp3) is 0.211. The number of thiophene rings is 1. The molecule has 0 saturated heterocycles. The average Bonchev–Trinajstić information content (AvgIpc) is 3.20. The van der Waals surface area contributed by atoms with Gasteiger partial charge in [0.2, 0.25) is 5.91 Å². The molecule has 1 heterocycles. The maximum atomic E-state index is 11.2. The second-order valence-electron chi connectivity index (χ2n) is 5.58. The molecule has 4 rings (SSSR count). The lowest BCUT2D eigenvalue weighted by molar-refractivity contribution is -0.121. The van der Waals surface area contributed by atoms with Gasteiger partial charge in [-0.3, -0.25) is 4.79 Å². The lowest BCUT2D eigenvalue weighted by Gasteiger charge is -1.97. The van der Waals surface area contributed by atoms with Gasteiger partial charge in [0.15, 0.2) is 0 Å². The molecular formula is C19H19NO2S. The summed E-state index contributed by atoms with van der Waals surface area (Å²) in [5.74, 6) is 1.29. The van der Waals surface area contributed by atoms with Crippen molar-refractivity contribution in [3.63, 3.8) is 0 Å². The van der Waals surface area contributed by atoms with Crippen molar-refractivity contribution in [2.45, 2.75) is 12.3 Å². The molecule has 3 aromatic rings. The maximum Gasteiger partial charge on any atom is 0.223 e. The number of aromatic hydroxyl groups is 1. The van der Waals surface area contributed by atoms with Gasteiger partial charge in [-0.1, -0.05) is 42.5 Å². The second kappa shape index (κ2) is 6.84. The van der Waals surface area contributed by atoms with Gasteiger partial charge in [-0.2, -0.15) is 0 Å². The third-order valence-corrected chi connectivity index (χ3v) is 5.05. The molecule has 1 aliphatic carbocycles. The summed E-state index contributed by atoms with van der Waals surface area (Å²) in [7, 11) is 1.70. The summed E-state index contributed by atoms with van der Waals surface area (Å²) in [6.07, 6.45) is 1.03. The molecule has 0 unspecified atom stereocenters. The molecule has 0 aliphatic heterocycles. The minimum Gasteiger partial charge on any atom is -0.507 e. The minimum atomic E-state index is 0.188. The molecule has 4 heteroatoms. The molecule has 23 heavy (non-hydrogen) atoms. The summed E-state index contributed by atoms with van der Waals surface area (Å²) in [6.45, 7) is 0. The van der Waals surface area contributed by atoms with Gasteiger partial charge in [0.25, 0.3) is 0 Å². The fourth-order valence-electron chi connectivity index (χ4n) is 2.70. The first-order chi connectivity index (χ1) is 11.2. The highest BCUT2D eigenvalue weighted by atomic mass is 32.1. The third kappa shape index (κ3) is 3.54. The number of phenols is 1. The zero-order chi connectivity index (χ0) is 16.2. The summed E-state index contributed by atoms with van der Waals surface area (Å²) < 4.78 is 0. The molecular weight excluding hydrogens is 306 g/mol. The van der Waals surface area contributed by atoms with E-state index in [4.69, 9.17) is 0 Å². The lowest BCUT2D eigenvalue weighted by Crippen LogP contribution is -2.20. The predicted molar refractivity (Wildman–Crippen MR) is 94.8 cm³/mol. The minimum absolute atomic E-state index is 0.188. The van der Waals surface area contributed by atoms with Crippen molar-refractivity contribution in [1.29, 1.82) is 0 Å². The first kappa shape index (κ1) is 15.6. The lowest BCUT2D eigenvalue weighted by atomic mass is 10.1. The number of hydrogen-bond acceptors (Lipinski definition) is 3. The number of benzene rings is 2. The number of phenolic OH excluding ortho intramolecular Hbond substituents is 1. The van der Waals surface area contributed by atoms with Crippen LogP contribution in [0.5, 0.6) is 5.75 Å². The highest BCUT2D eigenvalue weighted by Crippen LogP contribution is 2.48. The second-order valence-corrected chi connectivity index (χ2v) is 6.56. The zero-order valence-corrected chi connectivity index (χ0v) is 13.7. The van der Waals surface area contributed by atoms with Crippen LogP contribution in [0.15, 0.2) is 60.0 Å². The number of hydrogen-bond donors (Lipinski definition) is 2. The smallest absolute Gasteiger partial charge is 0.223 e. The molecule has 2 aromatic carbocycles. The summed E-state index contributed by atoms with van der Waals surface area (Å²) in [6, 6.07) is 17.4. The van der Waals surface area contributed by atoms with Gasteiger partial charge in [0.05, 0.1) is 0 Å². The highest BCUT2D eigenvalue weighted by Gasteiger charge is 2.43. The van der Waals surface area contributed by atoms with E-state index in [9.17, 15) is 9.90 Å². The Labute approximate surface area is 139 Å². The van der Waals surface area contributed by atoms with Crippen molar-refractivity contribution in [3.8, 4) is 5.75 Å². The number of carbonyl (C=O) groups is 1. The van der Waals surface area contributed by atoms with E-state index in [1.54, 1.807) is 24.5 Å². The van der Waals surface area contributed by atoms with Crippen LogP contribution in [0, 0.1) is 5.92 Å². The van der Waals surface area contributed by atoms with Crippen molar-refractivity contribution >= 4 is 28.0 Å². The fourth-order valence-corrected chi connectivity index (χ4v) is 3.60. The van der Waals surface area contributed by atoms with Crippen LogP contribution in [-0.2, 0) is 4.79 Å². The summed E-state index contributed by atoms with van der Waals surface area (Å²) >= 11 is 1.75. The number of nitrogens with one attached hydrogen (secondary N) is 1. The Balaban J connectivity index is 0.000000136. The molecule has 2 N–H and O–H groups in total. The van der Waals surface area contributed by atoms with Crippen LogP contribution in [0.4, 0.5) is 0 Å². The summed E-state index contributed by atoms with van der Waals surface area (Å²) in [5, 5.41) is 16.1. The molecule has 1 saturated carbocycles. The zero-order valence-electron chi connectivity index (χ0n) is 12.9. The van der Waals surface area contributed by atoms with Crippen molar-refractivity contribution in [2.75, 3.05) is 7.05 Å². The van der Waals surface area contributed by atoms with Crippen LogP contribution in [0.3, 0.4) is 0 Å². The van der Waals surface area contributed by atoms with E-state index < -0.39 is 0 Å². The predicted octanol–water partition coefficient (Wildman–Crippen LogP) is 4.14. The Morgan fingerprint density at radius 3 is 2.61 bits per heavy atom. The highest BCUT2D eigenvalue weighted by molar-refractivity contribution is 7.10. The van der Waals surface area contributed by atoms with Gasteiger partial charge in [-0.25, -0.2) is 0 Å². The van der Waals surface area contributed by atoms with Gasteiger partial charge in [-0.15, -0.1) is 11.3 Å². The Kier molecular flexibility index (Phi) is 4.63. The molecule has 1 aromatic heterocycles. The van der Waals surface area contributed by atoms with Crippen molar-refractivity contribution < 1.29 is 9.90 Å². The van der Waals surface area contributed by atoms with Crippen molar-refractivity contribution in [3.05, 3.63) is 64.9 Å². The van der Waals surface area contributed by atoms with Crippen LogP contribution in [0.25, 0.3) is 10.8 Å². The largest absolute Gasteiger partial charge is 0.507 e. The molecule has 0 spiro atoms. The van der Waals surface area contributed by atoms with E-state index in [0.717, 1.165) is 17.2 Å². The quantitative estimate of drug-likeness (QED) is 0.744. The van der Waals surface area contributed by atoms with Gasteiger partial charge in [0, 0.05) is 29.1 Å². The maximum absolute atomic E-state index is 11.2. The molecule has 0 bridgehead atoms. The molecule has 3 nitrogen and oxygen atoms in total. The molecule has 118 valence electrons. The molecule has 1 amide bonds. The molecule has 0 radical (unpaired) electrons. The van der Waals surface area contributed by atoms with Gasteiger partial charge in [-0.05, 0) is 29.3 Å². The Morgan fingerprint density at radius 1 is 1.13 bits per heavy atom. The first-order valence-corrected chi connectivity index (χ1v) is 8.50. The average molecular weight is 325 g/mol. The normalized spacial score (nSPS) is 18.8. The van der Waals surface area contributed by atoms with Crippen molar-refractivity contribution in [2.24, 2.45) is 5.92 Å². The topological polar surface area (TPSA) is 49.3 Å². The van der Waals surface area contributed by atoms with Crippen LogP contribution in [0.1, 0.15) is 17.2 Å². The van der Waals surface area contributed by atoms with Crippen LogP contribution < -0.4 is 5.32 Å². The van der Waals surface area contributed by atoms with Crippen LogP contribution >= 0.6 is 11.3 Å². The van der Waals surface area contributed by atoms with E-state index in [1.165, 1.54) is 4.88 Å². The van der Waals surface area contributed by atoms with Crippen LogP contribution in [-0.4, -0.2) is 18.1 Å². The SMILES string of the molecule is CNC(=O)[C@@H]1C[C@@H]1c1cccs1.Oc1cccc2ccccc12. The van der Waals surface area contributed by atoms with Crippen LogP contribution in [0.2, 0.25) is 0 Å². The summed E-state index contributed by atoms with van der Waals surface area (Å²) in [4.78, 5) is 12.5. The molecule has 1 fully saturated rings. The van der Waals surface area contributed by atoms with E-state index in [-0.39, 0.29) is 11.8 Å². The van der Waals surface area contributed by atoms with E-state index >= 15 is 0 Å². The van der Waals surface area contributed by atoms with E-state index in [1.807, 2.05) is 42.5 Å². The van der Waals surface area contributed by atoms with Gasteiger partial charge < -0.3 is 10.4 Å². The van der Waals surface area contributed by atoms with E-state index in [0.29, 0.717) is 11.7 Å². The van der Waals surface area contributed by atoms with Gasteiger partial charge in [0.1, 0.15) is 5.75 Å². The van der Waals surface area contributed by atoms with Crippen molar-refractivity contribution in [1.82, 2.24) is 5.32 Å². The number of carbonyl (C=O) groups excluding carboxylic acids is 1. The Hall–Kier alpha value is -2.33. The van der Waals surface area contributed by atoms with Gasteiger partial charge >= 0.3 is 0 Å². The third-order valence-electron chi connectivity index (χ3n) is 4.05. The molecule has 1 aliphatic rings. The number of fused-ring (bicyclic) bond motifs is 1. The standard InChI is InChI=1S/C10H8O.C9H11NOS/c11-10-7-3-5-8-4-1-2-6-9(8)10;1-10-9(11)7-5-6(7)8-3-2-4-12-8/h1-7,11H;2-4,6-7H,5H2,1H3,(H,10,11)/t;6-,7+/m.0/s1. The Morgan fingerprint density at radius 2 is 1.91 bits per heavy atom. The summed E-state index contributed by atoms with van der Waals surface area (Å²) in [5.41, 5.74) is 0. The van der Waals surface area contributed by atoms with E-state index in [2.05, 4.69) is 16.8 Å². The monoisotopic (exact) mass is 325 g/mol. The molecule has 2 atom stereocenters. The Bertz CT molecular complexity index is 793. The number of rotatable bonds is 2. The first-order valence-electron chi connectivity index (χ1n) is 7.62. The number of amides is 1.